The maximum absolute atomic E-state index is 12.2. The first kappa shape index (κ1) is 15.8. The summed E-state index contributed by atoms with van der Waals surface area (Å²) in [6.45, 7) is 6.93. The van der Waals surface area contributed by atoms with E-state index < -0.39 is 0 Å². The number of rotatable bonds is 6. The van der Waals surface area contributed by atoms with Gasteiger partial charge in [-0.05, 0) is 51.2 Å². The molecule has 1 saturated heterocycles. The van der Waals surface area contributed by atoms with Gasteiger partial charge in [0.2, 0.25) is 5.91 Å². The van der Waals surface area contributed by atoms with Crippen molar-refractivity contribution >= 4 is 17.7 Å². The molecule has 0 aromatic carbocycles. The normalized spacial score (nSPS) is 22.3. The molecule has 1 amide bonds. The minimum atomic E-state index is 0.306. The fourth-order valence-electron chi connectivity index (χ4n) is 2.39. The molecule has 2 atom stereocenters. The minimum absolute atomic E-state index is 0.306. The molecule has 1 aliphatic heterocycles. The highest BCUT2D eigenvalue weighted by Crippen LogP contribution is 2.16. The third-order valence-corrected chi connectivity index (χ3v) is 4.53. The summed E-state index contributed by atoms with van der Waals surface area (Å²) in [4.78, 5) is 16.5. The van der Waals surface area contributed by atoms with Gasteiger partial charge in [0.05, 0.1) is 6.54 Å². The van der Waals surface area contributed by atoms with Crippen molar-refractivity contribution in [2.45, 2.75) is 39.2 Å². The quantitative estimate of drug-likeness (QED) is 0.741. The average Bonchev–Trinajstić information content (AvgIpc) is 2.35. The standard InChI is InChI=1S/C14H28N2OS/c1-12-6-5-8-16(10-12)14(17)11-15(3)13(2)7-9-18-4/h12-13H,5-11H2,1-4H3/t12-,13-/m1/s1. The molecule has 0 radical (unpaired) electrons. The highest BCUT2D eigenvalue weighted by Gasteiger charge is 2.22. The van der Waals surface area contributed by atoms with Gasteiger partial charge in [0, 0.05) is 19.1 Å². The molecular weight excluding hydrogens is 244 g/mol. The van der Waals surface area contributed by atoms with Crippen LogP contribution in [0.4, 0.5) is 0 Å². The Morgan fingerprint density at radius 3 is 2.89 bits per heavy atom. The van der Waals surface area contributed by atoms with Crippen LogP contribution in [0.2, 0.25) is 0 Å². The number of carbonyl (C=O) groups excluding carboxylic acids is 1. The van der Waals surface area contributed by atoms with Crippen LogP contribution in [0.5, 0.6) is 0 Å². The number of nitrogens with zero attached hydrogens (tertiary/aromatic N) is 2. The van der Waals surface area contributed by atoms with Gasteiger partial charge in [-0.15, -0.1) is 0 Å². The molecule has 0 N–H and O–H groups in total. The van der Waals surface area contributed by atoms with Gasteiger partial charge < -0.3 is 4.90 Å². The molecule has 0 saturated carbocycles. The van der Waals surface area contributed by atoms with Crippen molar-refractivity contribution in [3.8, 4) is 0 Å². The van der Waals surface area contributed by atoms with E-state index in [1.165, 1.54) is 18.6 Å². The van der Waals surface area contributed by atoms with Crippen molar-refractivity contribution in [3.05, 3.63) is 0 Å². The maximum Gasteiger partial charge on any atom is 0.236 e. The van der Waals surface area contributed by atoms with Crippen molar-refractivity contribution in [2.75, 3.05) is 38.7 Å². The molecule has 1 heterocycles. The van der Waals surface area contributed by atoms with E-state index in [0.29, 0.717) is 24.4 Å². The second-order valence-electron chi connectivity index (χ2n) is 5.63. The molecule has 1 aliphatic rings. The van der Waals surface area contributed by atoms with Gasteiger partial charge in [-0.1, -0.05) is 6.92 Å². The number of thioether (sulfide) groups is 1. The van der Waals surface area contributed by atoms with Crippen molar-refractivity contribution < 1.29 is 4.79 Å². The van der Waals surface area contributed by atoms with Crippen LogP contribution in [-0.2, 0) is 4.79 Å². The first-order valence-corrected chi connectivity index (χ1v) is 8.41. The molecule has 106 valence electrons. The van der Waals surface area contributed by atoms with Gasteiger partial charge in [0.1, 0.15) is 0 Å². The van der Waals surface area contributed by atoms with Gasteiger partial charge in [-0.2, -0.15) is 11.8 Å². The topological polar surface area (TPSA) is 23.6 Å². The second kappa shape index (κ2) is 8.05. The lowest BCUT2D eigenvalue weighted by Crippen LogP contribution is -2.45. The van der Waals surface area contributed by atoms with E-state index in [4.69, 9.17) is 0 Å². The zero-order valence-corrected chi connectivity index (χ0v) is 13.1. The lowest BCUT2D eigenvalue weighted by atomic mass is 10.0. The Hall–Kier alpha value is -0.220. The summed E-state index contributed by atoms with van der Waals surface area (Å²) in [7, 11) is 2.07. The van der Waals surface area contributed by atoms with Gasteiger partial charge >= 0.3 is 0 Å². The average molecular weight is 272 g/mol. The number of hydrogen-bond acceptors (Lipinski definition) is 3. The van der Waals surface area contributed by atoms with Gasteiger partial charge in [0.15, 0.2) is 0 Å². The van der Waals surface area contributed by atoms with Crippen LogP contribution in [-0.4, -0.2) is 60.4 Å². The van der Waals surface area contributed by atoms with E-state index in [9.17, 15) is 4.79 Å². The molecule has 1 fully saturated rings. The zero-order chi connectivity index (χ0) is 13.5. The predicted molar refractivity (Wildman–Crippen MR) is 80.1 cm³/mol. The number of amides is 1. The van der Waals surface area contributed by atoms with Crippen LogP contribution >= 0.6 is 11.8 Å². The molecule has 0 unspecified atom stereocenters. The number of likely N-dealkylation sites (N-methyl/N-ethyl adjacent to an activating group) is 1. The van der Waals surface area contributed by atoms with Crippen LogP contribution in [0.1, 0.15) is 33.1 Å². The largest absolute Gasteiger partial charge is 0.341 e. The van der Waals surface area contributed by atoms with Crippen LogP contribution in [0.25, 0.3) is 0 Å². The monoisotopic (exact) mass is 272 g/mol. The second-order valence-corrected chi connectivity index (χ2v) is 6.62. The predicted octanol–water partition coefficient (Wildman–Crippen LogP) is 2.32. The number of carbonyl (C=O) groups is 1. The van der Waals surface area contributed by atoms with Gasteiger partial charge in [0.25, 0.3) is 0 Å². The fourth-order valence-corrected chi connectivity index (χ4v) is 2.97. The number of piperidine rings is 1. The number of hydrogen-bond donors (Lipinski definition) is 0. The SMILES string of the molecule is CSCC[C@@H](C)N(C)CC(=O)N1CCC[C@@H](C)C1. The smallest absolute Gasteiger partial charge is 0.236 e. The summed E-state index contributed by atoms with van der Waals surface area (Å²) >= 11 is 1.87. The summed E-state index contributed by atoms with van der Waals surface area (Å²) in [5.41, 5.74) is 0. The molecule has 0 spiro atoms. The number of likely N-dealkylation sites (tertiary alicyclic amines) is 1. The Labute approximate surface area is 116 Å². The molecule has 0 aromatic heterocycles. The fraction of sp³-hybridized carbons (Fsp3) is 0.929. The molecule has 0 aliphatic carbocycles. The highest BCUT2D eigenvalue weighted by molar-refractivity contribution is 7.98. The Kier molecular flexibility index (Phi) is 7.08. The zero-order valence-electron chi connectivity index (χ0n) is 12.3. The summed E-state index contributed by atoms with van der Waals surface area (Å²) in [6, 6.07) is 0.489. The van der Waals surface area contributed by atoms with E-state index in [1.54, 1.807) is 0 Å². The molecule has 0 bridgehead atoms. The van der Waals surface area contributed by atoms with Crippen LogP contribution in [0.15, 0.2) is 0 Å². The highest BCUT2D eigenvalue weighted by atomic mass is 32.2. The van der Waals surface area contributed by atoms with Gasteiger partial charge in [-0.3, -0.25) is 9.69 Å². The molecule has 4 heteroatoms. The molecular formula is C14H28N2OS. The van der Waals surface area contributed by atoms with Crippen LogP contribution in [0.3, 0.4) is 0 Å². The van der Waals surface area contributed by atoms with Crippen molar-refractivity contribution in [1.29, 1.82) is 0 Å². The van der Waals surface area contributed by atoms with E-state index in [1.807, 2.05) is 16.7 Å². The van der Waals surface area contributed by atoms with E-state index >= 15 is 0 Å². The van der Waals surface area contributed by atoms with Gasteiger partial charge in [-0.25, -0.2) is 0 Å². The summed E-state index contributed by atoms with van der Waals surface area (Å²) in [6.07, 6.45) is 5.72. The molecule has 0 aromatic rings. The van der Waals surface area contributed by atoms with Crippen LogP contribution < -0.4 is 0 Å². The summed E-state index contributed by atoms with van der Waals surface area (Å²) in [5.74, 6) is 2.14. The van der Waals surface area contributed by atoms with Crippen molar-refractivity contribution in [3.63, 3.8) is 0 Å². The lowest BCUT2D eigenvalue weighted by molar-refractivity contribution is -0.134. The molecule has 1 rings (SSSR count). The first-order valence-electron chi connectivity index (χ1n) is 7.01. The third kappa shape index (κ3) is 5.19. The summed E-state index contributed by atoms with van der Waals surface area (Å²) < 4.78 is 0. The van der Waals surface area contributed by atoms with Crippen molar-refractivity contribution in [1.82, 2.24) is 9.80 Å². The Balaban J connectivity index is 2.33. The maximum atomic E-state index is 12.2. The Morgan fingerprint density at radius 2 is 2.28 bits per heavy atom. The van der Waals surface area contributed by atoms with Crippen molar-refractivity contribution in [2.24, 2.45) is 5.92 Å². The Morgan fingerprint density at radius 1 is 1.56 bits per heavy atom. The summed E-state index contributed by atoms with van der Waals surface area (Å²) in [5, 5.41) is 0. The Bertz CT molecular complexity index is 260. The lowest BCUT2D eigenvalue weighted by Gasteiger charge is -2.33. The van der Waals surface area contributed by atoms with Crippen LogP contribution in [0, 0.1) is 5.92 Å². The van der Waals surface area contributed by atoms with E-state index in [0.717, 1.165) is 19.5 Å². The first-order chi connectivity index (χ1) is 8.54. The van der Waals surface area contributed by atoms with E-state index in [-0.39, 0.29) is 0 Å². The molecule has 18 heavy (non-hydrogen) atoms. The minimum Gasteiger partial charge on any atom is -0.341 e. The molecule has 3 nitrogen and oxygen atoms in total. The third-order valence-electron chi connectivity index (χ3n) is 3.89. The van der Waals surface area contributed by atoms with E-state index in [2.05, 4.69) is 32.1 Å².